The Labute approximate surface area is 133 Å². The molecule has 2 rings (SSSR count). The van der Waals surface area contributed by atoms with Crippen LogP contribution in [0.3, 0.4) is 0 Å². The molecule has 3 N–H and O–H groups in total. The number of hydrazine groups is 1. The van der Waals surface area contributed by atoms with Crippen LogP contribution in [0, 0.1) is 5.82 Å². The Bertz CT molecular complexity index is 459. The van der Waals surface area contributed by atoms with Gasteiger partial charge in [-0.15, -0.1) is 0 Å². The second kappa shape index (κ2) is 8.19. The summed E-state index contributed by atoms with van der Waals surface area (Å²) in [7, 11) is 0. The van der Waals surface area contributed by atoms with Gasteiger partial charge in [0, 0.05) is 17.6 Å². The molecule has 0 radical (unpaired) electrons. The third kappa shape index (κ3) is 4.72. The fourth-order valence-corrected chi connectivity index (χ4v) is 3.14. The van der Waals surface area contributed by atoms with Gasteiger partial charge >= 0.3 is 0 Å². The number of nitrogens with two attached hydrogens (primary N) is 1. The first-order valence-corrected chi connectivity index (χ1v) is 8.17. The first kappa shape index (κ1) is 16.8. The zero-order valence-corrected chi connectivity index (χ0v) is 13.9. The summed E-state index contributed by atoms with van der Waals surface area (Å²) in [6, 6.07) is 4.86. The third-order valence-corrected chi connectivity index (χ3v) is 4.32. The Balaban J connectivity index is 2.03. The second-order valence-electron chi connectivity index (χ2n) is 5.42. The molecule has 1 aliphatic rings. The summed E-state index contributed by atoms with van der Waals surface area (Å²) in [6.07, 6.45) is 1.61. The van der Waals surface area contributed by atoms with Crippen LogP contribution < -0.4 is 11.3 Å². The van der Waals surface area contributed by atoms with Crippen LogP contribution in [-0.4, -0.2) is 43.3 Å². The van der Waals surface area contributed by atoms with Gasteiger partial charge in [-0.3, -0.25) is 16.2 Å². The third-order valence-electron chi connectivity index (χ3n) is 3.83. The van der Waals surface area contributed by atoms with Crippen LogP contribution in [0.2, 0.25) is 0 Å². The average Bonchev–Trinajstić information content (AvgIpc) is 2.49. The van der Waals surface area contributed by atoms with Gasteiger partial charge in [0.2, 0.25) is 0 Å². The molecule has 1 fully saturated rings. The molecule has 4 nitrogen and oxygen atoms in total. The molecule has 1 aromatic rings. The molecule has 0 amide bonds. The number of halogens is 2. The van der Waals surface area contributed by atoms with Gasteiger partial charge in [0.15, 0.2) is 0 Å². The predicted octanol–water partition coefficient (Wildman–Crippen LogP) is 2.07. The molecule has 21 heavy (non-hydrogen) atoms. The number of morpholine rings is 1. The van der Waals surface area contributed by atoms with E-state index in [0.29, 0.717) is 18.6 Å². The van der Waals surface area contributed by atoms with E-state index in [0.717, 1.165) is 30.5 Å². The quantitative estimate of drug-likeness (QED) is 0.603. The molecular weight excluding hydrogens is 337 g/mol. The lowest BCUT2D eigenvalue weighted by atomic mass is 10.00. The van der Waals surface area contributed by atoms with Gasteiger partial charge in [0.25, 0.3) is 0 Å². The Morgan fingerprint density at radius 2 is 2.38 bits per heavy atom. The van der Waals surface area contributed by atoms with Crippen molar-refractivity contribution < 1.29 is 9.13 Å². The molecule has 118 valence electrons. The fourth-order valence-electron chi connectivity index (χ4n) is 2.73. The maximum absolute atomic E-state index is 13.9. The van der Waals surface area contributed by atoms with Crippen molar-refractivity contribution in [3.05, 3.63) is 34.1 Å². The van der Waals surface area contributed by atoms with Crippen molar-refractivity contribution in [3.63, 3.8) is 0 Å². The lowest BCUT2D eigenvalue weighted by Crippen LogP contribution is -2.55. The molecule has 1 heterocycles. The number of nitrogens with zero attached hydrogens (tertiary/aromatic N) is 1. The van der Waals surface area contributed by atoms with E-state index in [-0.39, 0.29) is 18.0 Å². The molecule has 6 heteroatoms. The van der Waals surface area contributed by atoms with E-state index in [2.05, 4.69) is 33.2 Å². The monoisotopic (exact) mass is 359 g/mol. The number of ether oxygens (including phenoxy) is 1. The van der Waals surface area contributed by atoms with E-state index in [9.17, 15) is 4.39 Å². The van der Waals surface area contributed by atoms with Gasteiger partial charge in [-0.25, -0.2) is 4.39 Å². The molecule has 0 saturated carbocycles. The molecule has 0 spiro atoms. The highest BCUT2D eigenvalue weighted by Crippen LogP contribution is 2.19. The average molecular weight is 360 g/mol. The first-order chi connectivity index (χ1) is 10.1. The van der Waals surface area contributed by atoms with Crippen LogP contribution in [0.1, 0.15) is 18.9 Å². The number of hydrogen-bond acceptors (Lipinski definition) is 4. The minimum absolute atomic E-state index is 0.0197. The van der Waals surface area contributed by atoms with E-state index < -0.39 is 0 Å². The van der Waals surface area contributed by atoms with Gasteiger partial charge < -0.3 is 4.74 Å². The highest BCUT2D eigenvalue weighted by Gasteiger charge is 2.28. The van der Waals surface area contributed by atoms with E-state index >= 15 is 0 Å². The van der Waals surface area contributed by atoms with Crippen molar-refractivity contribution in [1.29, 1.82) is 0 Å². The summed E-state index contributed by atoms with van der Waals surface area (Å²) in [4.78, 5) is 2.37. The van der Waals surface area contributed by atoms with E-state index in [1.54, 1.807) is 12.1 Å². The minimum atomic E-state index is -0.209. The van der Waals surface area contributed by atoms with Gasteiger partial charge in [0.1, 0.15) is 5.82 Å². The number of rotatable bonds is 6. The Morgan fingerprint density at radius 3 is 3.10 bits per heavy atom. The first-order valence-electron chi connectivity index (χ1n) is 7.38. The molecule has 0 bridgehead atoms. The lowest BCUT2D eigenvalue weighted by molar-refractivity contribution is -0.0463. The number of hydrogen-bond donors (Lipinski definition) is 2. The summed E-state index contributed by atoms with van der Waals surface area (Å²) in [5.41, 5.74) is 3.44. The van der Waals surface area contributed by atoms with Crippen LogP contribution in [-0.2, 0) is 11.2 Å². The Morgan fingerprint density at radius 1 is 1.57 bits per heavy atom. The topological polar surface area (TPSA) is 50.5 Å². The molecular formula is C15H23BrFN3O. The van der Waals surface area contributed by atoms with Gasteiger partial charge in [-0.2, -0.15) is 0 Å². The van der Waals surface area contributed by atoms with Crippen LogP contribution in [0.4, 0.5) is 4.39 Å². The van der Waals surface area contributed by atoms with E-state index in [4.69, 9.17) is 10.6 Å². The summed E-state index contributed by atoms with van der Waals surface area (Å²) in [5, 5.41) is 0. The minimum Gasteiger partial charge on any atom is -0.374 e. The van der Waals surface area contributed by atoms with Gasteiger partial charge in [-0.05, 0) is 43.1 Å². The van der Waals surface area contributed by atoms with Crippen LogP contribution >= 0.6 is 15.9 Å². The molecule has 2 atom stereocenters. The zero-order valence-electron chi connectivity index (χ0n) is 12.3. The van der Waals surface area contributed by atoms with Crippen molar-refractivity contribution in [2.45, 2.75) is 31.9 Å². The van der Waals surface area contributed by atoms with Crippen molar-refractivity contribution in [1.82, 2.24) is 10.3 Å². The summed E-state index contributed by atoms with van der Waals surface area (Å²) >= 11 is 3.38. The zero-order chi connectivity index (χ0) is 15.2. The molecule has 0 aromatic heterocycles. The summed E-state index contributed by atoms with van der Waals surface area (Å²) < 4.78 is 20.6. The van der Waals surface area contributed by atoms with Gasteiger partial charge in [-0.1, -0.05) is 22.9 Å². The van der Waals surface area contributed by atoms with Crippen molar-refractivity contribution in [2.75, 3.05) is 26.2 Å². The highest BCUT2D eigenvalue weighted by molar-refractivity contribution is 9.10. The number of nitrogens with one attached hydrogen (secondary N) is 1. The molecule has 1 saturated heterocycles. The number of benzene rings is 1. The summed E-state index contributed by atoms with van der Waals surface area (Å²) in [6.45, 7) is 5.71. The molecule has 0 aliphatic carbocycles. The largest absolute Gasteiger partial charge is 0.374 e. The Hall–Kier alpha value is -0.530. The van der Waals surface area contributed by atoms with Crippen LogP contribution in [0.5, 0.6) is 0 Å². The second-order valence-corrected chi connectivity index (χ2v) is 6.34. The normalized spacial score (nSPS) is 21.4. The van der Waals surface area contributed by atoms with Gasteiger partial charge in [0.05, 0.1) is 18.8 Å². The van der Waals surface area contributed by atoms with Crippen molar-refractivity contribution >= 4 is 15.9 Å². The van der Waals surface area contributed by atoms with Crippen LogP contribution in [0.15, 0.2) is 22.7 Å². The van der Waals surface area contributed by atoms with Crippen LogP contribution in [0.25, 0.3) is 0 Å². The van der Waals surface area contributed by atoms with Crippen molar-refractivity contribution in [2.24, 2.45) is 5.84 Å². The molecule has 2 unspecified atom stereocenters. The molecule has 1 aliphatic heterocycles. The lowest BCUT2D eigenvalue weighted by Gasteiger charge is -2.36. The maximum Gasteiger partial charge on any atom is 0.126 e. The SMILES string of the molecule is CCCN1CCOC(C(Cc2cc(Br)ccc2F)NN)C1. The standard InChI is InChI=1S/C15H23BrFN3O/c1-2-5-20-6-7-21-15(10-20)14(19-18)9-11-8-12(16)3-4-13(11)17/h3-4,8,14-15,19H,2,5-7,9-10,18H2,1H3. The van der Waals surface area contributed by atoms with Crippen molar-refractivity contribution in [3.8, 4) is 0 Å². The molecule has 1 aromatic carbocycles. The van der Waals surface area contributed by atoms with E-state index in [1.165, 1.54) is 6.07 Å². The highest BCUT2D eigenvalue weighted by atomic mass is 79.9. The predicted molar refractivity (Wildman–Crippen MR) is 85.4 cm³/mol. The maximum atomic E-state index is 13.9. The Kier molecular flexibility index (Phi) is 6.57. The van der Waals surface area contributed by atoms with E-state index in [1.807, 2.05) is 0 Å². The smallest absolute Gasteiger partial charge is 0.126 e. The summed E-state index contributed by atoms with van der Waals surface area (Å²) in [5.74, 6) is 5.47. The fraction of sp³-hybridized carbons (Fsp3) is 0.600.